The van der Waals surface area contributed by atoms with Crippen molar-refractivity contribution < 1.29 is 0 Å². The Morgan fingerprint density at radius 1 is 0.684 bits per heavy atom. The Bertz CT molecular complexity index is 644. The van der Waals surface area contributed by atoms with Crippen molar-refractivity contribution >= 4 is 5.57 Å². The molecule has 0 aliphatic heterocycles. The Labute approximate surface area is 114 Å². The largest absolute Gasteiger partial charge is 0.0802 e. The predicted octanol–water partition coefficient (Wildman–Crippen LogP) is 4.94. The molecule has 0 radical (unpaired) electrons. The van der Waals surface area contributed by atoms with Crippen LogP contribution in [-0.4, -0.2) is 0 Å². The van der Waals surface area contributed by atoms with Crippen molar-refractivity contribution in [2.45, 2.75) is 6.42 Å². The standard InChI is InChI=1S/C19H16/c1-2-4-14(5-3-1)15-6-8-16(9-7-15)17-10-11-18-13-19(18)12-17/h1-12,18-19H,13H2. The van der Waals surface area contributed by atoms with Gasteiger partial charge >= 0.3 is 0 Å². The third kappa shape index (κ3) is 2.04. The van der Waals surface area contributed by atoms with E-state index >= 15 is 0 Å². The lowest BCUT2D eigenvalue weighted by Crippen LogP contribution is -1.88. The van der Waals surface area contributed by atoms with Gasteiger partial charge < -0.3 is 0 Å². The Morgan fingerprint density at radius 2 is 1.37 bits per heavy atom. The minimum Gasteiger partial charge on any atom is -0.0802 e. The number of rotatable bonds is 2. The molecule has 0 saturated heterocycles. The lowest BCUT2D eigenvalue weighted by Gasteiger charge is -2.08. The van der Waals surface area contributed by atoms with Crippen LogP contribution in [0.1, 0.15) is 12.0 Å². The van der Waals surface area contributed by atoms with E-state index in [0.29, 0.717) is 0 Å². The molecule has 1 saturated carbocycles. The molecule has 19 heavy (non-hydrogen) atoms. The van der Waals surface area contributed by atoms with Gasteiger partial charge in [-0.2, -0.15) is 0 Å². The van der Waals surface area contributed by atoms with Crippen molar-refractivity contribution in [3.8, 4) is 11.1 Å². The van der Waals surface area contributed by atoms with E-state index in [0.717, 1.165) is 11.8 Å². The molecule has 2 atom stereocenters. The van der Waals surface area contributed by atoms with Gasteiger partial charge in [-0.25, -0.2) is 0 Å². The third-order valence-corrected chi connectivity index (χ3v) is 4.13. The van der Waals surface area contributed by atoms with Gasteiger partial charge in [0.15, 0.2) is 0 Å². The molecule has 0 heteroatoms. The summed E-state index contributed by atoms with van der Waals surface area (Å²) in [6.07, 6.45) is 8.43. The minimum absolute atomic E-state index is 0.814. The van der Waals surface area contributed by atoms with E-state index in [2.05, 4.69) is 72.8 Å². The molecule has 92 valence electrons. The zero-order chi connectivity index (χ0) is 12.7. The summed E-state index contributed by atoms with van der Waals surface area (Å²) < 4.78 is 0. The van der Waals surface area contributed by atoms with Crippen LogP contribution in [0.25, 0.3) is 16.7 Å². The van der Waals surface area contributed by atoms with E-state index in [4.69, 9.17) is 0 Å². The second-order valence-electron chi connectivity index (χ2n) is 5.49. The summed E-state index contributed by atoms with van der Waals surface area (Å²) in [6.45, 7) is 0. The highest BCUT2D eigenvalue weighted by Crippen LogP contribution is 2.45. The maximum Gasteiger partial charge on any atom is -0.0155 e. The molecule has 0 aromatic heterocycles. The molecule has 4 rings (SSSR count). The van der Waals surface area contributed by atoms with E-state index in [9.17, 15) is 0 Å². The number of hydrogen-bond donors (Lipinski definition) is 0. The van der Waals surface area contributed by atoms with E-state index in [-0.39, 0.29) is 0 Å². The summed E-state index contributed by atoms with van der Waals surface area (Å²) in [5.41, 5.74) is 5.29. The van der Waals surface area contributed by atoms with Crippen LogP contribution in [0.3, 0.4) is 0 Å². The van der Waals surface area contributed by atoms with Crippen LogP contribution in [0.5, 0.6) is 0 Å². The van der Waals surface area contributed by atoms with Crippen molar-refractivity contribution in [3.05, 3.63) is 78.4 Å². The summed E-state index contributed by atoms with van der Waals surface area (Å²) >= 11 is 0. The second kappa shape index (κ2) is 4.24. The summed E-state index contributed by atoms with van der Waals surface area (Å²) in [7, 11) is 0. The number of hydrogen-bond acceptors (Lipinski definition) is 0. The fourth-order valence-electron chi connectivity index (χ4n) is 2.84. The van der Waals surface area contributed by atoms with Gasteiger partial charge in [0.1, 0.15) is 0 Å². The highest BCUT2D eigenvalue weighted by Gasteiger charge is 2.34. The lowest BCUT2D eigenvalue weighted by atomic mass is 9.97. The summed E-state index contributed by atoms with van der Waals surface area (Å²) in [5.74, 6) is 1.65. The molecule has 0 heterocycles. The quantitative estimate of drug-likeness (QED) is 0.701. The van der Waals surface area contributed by atoms with Gasteiger partial charge in [-0.3, -0.25) is 0 Å². The van der Waals surface area contributed by atoms with Crippen LogP contribution in [-0.2, 0) is 0 Å². The molecule has 2 aromatic carbocycles. The first kappa shape index (κ1) is 10.8. The maximum atomic E-state index is 2.43. The maximum absolute atomic E-state index is 2.43. The van der Waals surface area contributed by atoms with Crippen LogP contribution in [0.4, 0.5) is 0 Å². The third-order valence-electron chi connectivity index (χ3n) is 4.13. The molecule has 0 bridgehead atoms. The number of fused-ring (bicyclic) bond motifs is 1. The molecule has 0 amide bonds. The SMILES string of the molecule is C1=CC2CC2C=C1c1ccc(-c2ccccc2)cc1. The molecular formula is C19H16. The van der Waals surface area contributed by atoms with Gasteiger partial charge in [0.05, 0.1) is 0 Å². The molecule has 0 nitrogen and oxygen atoms in total. The van der Waals surface area contributed by atoms with Crippen LogP contribution < -0.4 is 0 Å². The Morgan fingerprint density at radius 3 is 2.11 bits per heavy atom. The zero-order valence-corrected chi connectivity index (χ0v) is 10.8. The van der Waals surface area contributed by atoms with E-state index in [1.54, 1.807) is 0 Å². The summed E-state index contributed by atoms with van der Waals surface area (Å²) in [6, 6.07) is 19.5. The van der Waals surface area contributed by atoms with Crippen LogP contribution in [0.15, 0.2) is 72.8 Å². The van der Waals surface area contributed by atoms with Crippen molar-refractivity contribution in [2.75, 3.05) is 0 Å². The average Bonchev–Trinajstić information content (AvgIpc) is 3.27. The van der Waals surface area contributed by atoms with Crippen LogP contribution in [0, 0.1) is 11.8 Å². The normalized spacial score (nSPS) is 23.7. The average molecular weight is 244 g/mol. The van der Waals surface area contributed by atoms with Crippen molar-refractivity contribution in [3.63, 3.8) is 0 Å². The molecule has 0 N–H and O–H groups in total. The number of benzene rings is 2. The molecule has 2 aromatic rings. The Balaban J connectivity index is 1.65. The smallest absolute Gasteiger partial charge is 0.0155 e. The number of allylic oxidation sites excluding steroid dienone is 4. The van der Waals surface area contributed by atoms with Gasteiger partial charge in [0.25, 0.3) is 0 Å². The second-order valence-corrected chi connectivity index (χ2v) is 5.49. The molecule has 1 fully saturated rings. The van der Waals surface area contributed by atoms with Crippen LogP contribution >= 0.6 is 0 Å². The minimum atomic E-state index is 0.814. The van der Waals surface area contributed by atoms with Crippen molar-refractivity contribution in [1.82, 2.24) is 0 Å². The van der Waals surface area contributed by atoms with Crippen molar-refractivity contribution in [2.24, 2.45) is 11.8 Å². The van der Waals surface area contributed by atoms with Gasteiger partial charge in [-0.15, -0.1) is 0 Å². The van der Waals surface area contributed by atoms with Gasteiger partial charge in [-0.05, 0) is 40.5 Å². The van der Waals surface area contributed by atoms with Gasteiger partial charge in [-0.1, -0.05) is 72.8 Å². The summed E-state index contributed by atoms with van der Waals surface area (Å²) in [5, 5.41) is 0. The topological polar surface area (TPSA) is 0 Å². The molecule has 2 aliphatic rings. The Kier molecular flexibility index (Phi) is 2.41. The Hall–Kier alpha value is -2.08. The zero-order valence-electron chi connectivity index (χ0n) is 10.8. The molecule has 0 spiro atoms. The van der Waals surface area contributed by atoms with Gasteiger partial charge in [0.2, 0.25) is 0 Å². The van der Waals surface area contributed by atoms with Gasteiger partial charge in [0, 0.05) is 0 Å². The summed E-state index contributed by atoms with van der Waals surface area (Å²) in [4.78, 5) is 0. The first-order chi connectivity index (χ1) is 9.40. The first-order valence-corrected chi connectivity index (χ1v) is 6.96. The van der Waals surface area contributed by atoms with Crippen molar-refractivity contribution in [1.29, 1.82) is 0 Å². The van der Waals surface area contributed by atoms with Crippen LogP contribution in [0.2, 0.25) is 0 Å². The monoisotopic (exact) mass is 244 g/mol. The molecular weight excluding hydrogens is 228 g/mol. The fourth-order valence-corrected chi connectivity index (χ4v) is 2.84. The van der Waals surface area contributed by atoms with E-state index in [1.165, 1.54) is 28.7 Å². The first-order valence-electron chi connectivity index (χ1n) is 6.96. The lowest BCUT2D eigenvalue weighted by molar-refractivity contribution is 0.985. The highest BCUT2D eigenvalue weighted by atomic mass is 14.4. The molecule has 2 aliphatic carbocycles. The van der Waals surface area contributed by atoms with E-state index < -0.39 is 0 Å². The predicted molar refractivity (Wildman–Crippen MR) is 80.6 cm³/mol. The highest BCUT2D eigenvalue weighted by molar-refractivity contribution is 5.77. The van der Waals surface area contributed by atoms with E-state index in [1.807, 2.05) is 0 Å². The molecule has 2 unspecified atom stereocenters. The fraction of sp³-hybridized carbons (Fsp3) is 0.158.